The number of aliphatic carboxylic acids is 1. The van der Waals surface area contributed by atoms with Crippen molar-refractivity contribution in [1.82, 2.24) is 0 Å². The fourth-order valence-electron chi connectivity index (χ4n) is 3.47. The SMILES string of the molecule is CCCCCC(=O)CCC1C(O)CC(=O)C1C/C=C\CCCC(=O)O. The van der Waals surface area contributed by atoms with Gasteiger partial charge in [0.1, 0.15) is 11.6 Å². The van der Waals surface area contributed by atoms with E-state index < -0.39 is 12.1 Å². The normalized spacial score (nSPS) is 23.4. The lowest BCUT2D eigenvalue weighted by Gasteiger charge is -2.19. The smallest absolute Gasteiger partial charge is 0.303 e. The van der Waals surface area contributed by atoms with Gasteiger partial charge in [-0.2, -0.15) is 0 Å². The van der Waals surface area contributed by atoms with E-state index in [9.17, 15) is 19.5 Å². The fraction of sp³-hybridized carbons (Fsp3) is 0.750. The van der Waals surface area contributed by atoms with Crippen LogP contribution in [0.15, 0.2) is 12.2 Å². The number of aliphatic hydroxyl groups is 1. The van der Waals surface area contributed by atoms with Gasteiger partial charge in [0.05, 0.1) is 6.10 Å². The third-order valence-electron chi connectivity index (χ3n) is 4.97. The topological polar surface area (TPSA) is 91.7 Å². The predicted octanol–water partition coefficient (Wildman–Crippen LogP) is 3.68. The summed E-state index contributed by atoms with van der Waals surface area (Å²) in [5, 5.41) is 18.7. The minimum absolute atomic E-state index is 0.0751. The standard InChI is InChI=1S/C20H32O5/c1-2-3-6-9-15(21)12-13-17-16(18(22)14-19(17)23)10-7-4-5-8-11-20(24)25/h4,7,16-17,19,23H,2-3,5-6,8-14H2,1H3,(H,24,25)/b7-4-. The van der Waals surface area contributed by atoms with Gasteiger partial charge in [-0.25, -0.2) is 0 Å². The van der Waals surface area contributed by atoms with E-state index in [1.807, 2.05) is 12.2 Å². The maximum absolute atomic E-state index is 12.1. The molecule has 0 radical (unpaired) electrons. The zero-order valence-electron chi connectivity index (χ0n) is 15.3. The van der Waals surface area contributed by atoms with Crippen LogP contribution in [-0.2, 0) is 14.4 Å². The molecule has 2 N–H and O–H groups in total. The van der Waals surface area contributed by atoms with Gasteiger partial charge in [0.2, 0.25) is 0 Å². The van der Waals surface area contributed by atoms with Crippen LogP contribution in [0.2, 0.25) is 0 Å². The molecule has 1 fully saturated rings. The van der Waals surface area contributed by atoms with Gasteiger partial charge in [0.15, 0.2) is 0 Å². The molecular weight excluding hydrogens is 320 g/mol. The maximum Gasteiger partial charge on any atom is 0.303 e. The summed E-state index contributed by atoms with van der Waals surface area (Å²) >= 11 is 0. The van der Waals surface area contributed by atoms with Crippen LogP contribution in [-0.4, -0.2) is 33.9 Å². The molecule has 0 aromatic carbocycles. The van der Waals surface area contributed by atoms with E-state index in [4.69, 9.17) is 5.11 Å². The number of carboxylic acids is 1. The molecular formula is C20H32O5. The molecule has 0 saturated heterocycles. The summed E-state index contributed by atoms with van der Waals surface area (Å²) in [6.07, 6.45) is 10.0. The summed E-state index contributed by atoms with van der Waals surface area (Å²) in [4.78, 5) is 34.5. The second kappa shape index (κ2) is 12.0. The van der Waals surface area contributed by atoms with E-state index in [-0.39, 0.29) is 36.2 Å². The minimum Gasteiger partial charge on any atom is -0.481 e. The van der Waals surface area contributed by atoms with Crippen LogP contribution in [0, 0.1) is 11.8 Å². The number of ketones is 2. The van der Waals surface area contributed by atoms with Gasteiger partial charge in [-0.05, 0) is 38.0 Å². The molecule has 0 aromatic heterocycles. The lowest BCUT2D eigenvalue weighted by molar-refractivity contribution is -0.137. The molecule has 0 aromatic rings. The Kier molecular flexibility index (Phi) is 10.3. The number of aliphatic hydroxyl groups excluding tert-OH is 1. The molecule has 0 bridgehead atoms. The average Bonchev–Trinajstić information content (AvgIpc) is 2.82. The number of carboxylic acid groups (broad SMARTS) is 1. The molecule has 1 aliphatic carbocycles. The van der Waals surface area contributed by atoms with Crippen LogP contribution in [0.1, 0.15) is 77.6 Å². The summed E-state index contributed by atoms with van der Waals surface area (Å²) in [7, 11) is 0. The van der Waals surface area contributed by atoms with Gasteiger partial charge in [0.25, 0.3) is 0 Å². The third-order valence-corrected chi connectivity index (χ3v) is 4.97. The summed E-state index contributed by atoms with van der Waals surface area (Å²) in [5.41, 5.74) is 0. The number of allylic oxidation sites excluding steroid dienone is 2. The number of carbonyl (C=O) groups excluding carboxylic acids is 2. The van der Waals surface area contributed by atoms with Gasteiger partial charge in [0, 0.05) is 31.6 Å². The first-order valence-corrected chi connectivity index (χ1v) is 9.55. The van der Waals surface area contributed by atoms with Crippen molar-refractivity contribution >= 4 is 17.5 Å². The van der Waals surface area contributed by atoms with E-state index >= 15 is 0 Å². The van der Waals surface area contributed by atoms with Crippen molar-refractivity contribution in [1.29, 1.82) is 0 Å². The first-order chi connectivity index (χ1) is 12.0. The molecule has 0 amide bonds. The summed E-state index contributed by atoms with van der Waals surface area (Å²) in [6.45, 7) is 2.10. The molecule has 1 saturated carbocycles. The Bertz CT molecular complexity index is 469. The maximum atomic E-state index is 12.1. The van der Waals surface area contributed by atoms with Crippen molar-refractivity contribution in [3.63, 3.8) is 0 Å². The lowest BCUT2D eigenvalue weighted by atomic mass is 9.86. The van der Waals surface area contributed by atoms with Crippen LogP contribution < -0.4 is 0 Å². The fourth-order valence-corrected chi connectivity index (χ4v) is 3.47. The summed E-state index contributed by atoms with van der Waals surface area (Å²) in [6, 6.07) is 0. The number of rotatable bonds is 13. The minimum atomic E-state index is -0.800. The molecule has 5 nitrogen and oxygen atoms in total. The molecule has 1 rings (SSSR count). The molecule has 5 heteroatoms. The Morgan fingerprint density at radius 3 is 2.56 bits per heavy atom. The molecule has 142 valence electrons. The highest BCUT2D eigenvalue weighted by Gasteiger charge is 2.40. The Morgan fingerprint density at radius 2 is 1.88 bits per heavy atom. The zero-order valence-corrected chi connectivity index (χ0v) is 15.3. The summed E-state index contributed by atoms with van der Waals surface area (Å²) in [5.74, 6) is -0.847. The first kappa shape index (κ1) is 21.6. The highest BCUT2D eigenvalue weighted by molar-refractivity contribution is 5.84. The molecule has 1 aliphatic rings. The van der Waals surface area contributed by atoms with Crippen molar-refractivity contribution in [2.24, 2.45) is 11.8 Å². The zero-order chi connectivity index (χ0) is 18.7. The van der Waals surface area contributed by atoms with E-state index in [1.54, 1.807) is 0 Å². The van der Waals surface area contributed by atoms with Crippen molar-refractivity contribution in [3.05, 3.63) is 12.2 Å². The molecule has 25 heavy (non-hydrogen) atoms. The van der Waals surface area contributed by atoms with E-state index in [2.05, 4.69) is 6.92 Å². The first-order valence-electron chi connectivity index (χ1n) is 9.55. The number of carbonyl (C=O) groups is 3. The Hall–Kier alpha value is -1.49. The lowest BCUT2D eigenvalue weighted by Crippen LogP contribution is -2.21. The van der Waals surface area contributed by atoms with Gasteiger partial charge in [-0.15, -0.1) is 0 Å². The second-order valence-electron chi connectivity index (χ2n) is 7.04. The van der Waals surface area contributed by atoms with E-state index in [0.717, 1.165) is 19.3 Å². The number of hydrogen-bond acceptors (Lipinski definition) is 4. The Labute approximate surface area is 150 Å². The number of unbranched alkanes of at least 4 members (excludes halogenated alkanes) is 3. The van der Waals surface area contributed by atoms with Crippen LogP contribution in [0.25, 0.3) is 0 Å². The van der Waals surface area contributed by atoms with Crippen molar-refractivity contribution in [2.45, 2.75) is 83.7 Å². The summed E-state index contributed by atoms with van der Waals surface area (Å²) < 4.78 is 0. The highest BCUT2D eigenvalue weighted by Crippen LogP contribution is 2.35. The average molecular weight is 352 g/mol. The second-order valence-corrected chi connectivity index (χ2v) is 7.04. The molecule has 0 heterocycles. The number of hydrogen-bond donors (Lipinski definition) is 2. The van der Waals surface area contributed by atoms with Gasteiger partial charge >= 0.3 is 5.97 Å². The Morgan fingerprint density at radius 1 is 1.12 bits per heavy atom. The van der Waals surface area contributed by atoms with Crippen LogP contribution >= 0.6 is 0 Å². The van der Waals surface area contributed by atoms with Gasteiger partial charge in [-0.1, -0.05) is 31.9 Å². The monoisotopic (exact) mass is 352 g/mol. The van der Waals surface area contributed by atoms with Crippen molar-refractivity contribution in [2.75, 3.05) is 0 Å². The van der Waals surface area contributed by atoms with E-state index in [0.29, 0.717) is 38.5 Å². The van der Waals surface area contributed by atoms with Crippen LogP contribution in [0.5, 0.6) is 0 Å². The van der Waals surface area contributed by atoms with Crippen molar-refractivity contribution < 1.29 is 24.6 Å². The van der Waals surface area contributed by atoms with Crippen molar-refractivity contribution in [3.8, 4) is 0 Å². The molecule has 3 unspecified atom stereocenters. The molecule has 3 atom stereocenters. The molecule has 0 spiro atoms. The van der Waals surface area contributed by atoms with Crippen LogP contribution in [0.3, 0.4) is 0 Å². The van der Waals surface area contributed by atoms with E-state index in [1.165, 1.54) is 0 Å². The quantitative estimate of drug-likeness (QED) is 0.390. The highest BCUT2D eigenvalue weighted by atomic mass is 16.4. The van der Waals surface area contributed by atoms with Crippen LogP contribution in [0.4, 0.5) is 0 Å². The predicted molar refractivity (Wildman–Crippen MR) is 96.2 cm³/mol. The number of Topliss-reactive ketones (excluding diaryl/α,β-unsaturated/α-hetero) is 2. The van der Waals surface area contributed by atoms with Gasteiger partial charge < -0.3 is 10.2 Å². The third kappa shape index (κ3) is 8.43. The molecule has 0 aliphatic heterocycles. The Balaban J connectivity index is 2.39. The largest absolute Gasteiger partial charge is 0.481 e. The van der Waals surface area contributed by atoms with Gasteiger partial charge in [-0.3, -0.25) is 14.4 Å².